The van der Waals surface area contributed by atoms with Crippen LogP contribution < -0.4 is 0 Å². The van der Waals surface area contributed by atoms with Crippen LogP contribution >= 0.6 is 0 Å². The van der Waals surface area contributed by atoms with Gasteiger partial charge >= 0.3 is 5.97 Å². The van der Waals surface area contributed by atoms with Gasteiger partial charge in [0.05, 0.1) is 17.9 Å². The Labute approximate surface area is 114 Å². The van der Waals surface area contributed by atoms with E-state index in [2.05, 4.69) is 0 Å². The number of hydrogen-bond acceptors (Lipinski definition) is 4. The minimum absolute atomic E-state index is 0.0845. The number of hydroxylamine groups is 2. The van der Waals surface area contributed by atoms with Gasteiger partial charge in [-0.15, -0.1) is 0 Å². The quantitative estimate of drug-likeness (QED) is 0.736. The second-order valence-corrected chi connectivity index (χ2v) is 6.55. The van der Waals surface area contributed by atoms with E-state index in [1.54, 1.807) is 20.8 Å². The fourth-order valence-electron chi connectivity index (χ4n) is 1.94. The van der Waals surface area contributed by atoms with Gasteiger partial charge in [-0.2, -0.15) is 5.06 Å². The monoisotopic (exact) mass is 269 g/mol. The second kappa shape index (κ2) is 5.72. The Morgan fingerprint density at radius 1 is 1.37 bits per heavy atom. The molecule has 108 valence electrons. The molecule has 0 saturated carbocycles. The lowest BCUT2D eigenvalue weighted by Gasteiger charge is -2.35. The molecular formula is C14H23NO4. The largest absolute Gasteiger partial charge is 0.337 e. The van der Waals surface area contributed by atoms with E-state index >= 15 is 0 Å². The first-order chi connectivity index (χ1) is 8.61. The molecule has 1 rings (SSSR count). The number of amides is 1. The molecule has 5 heteroatoms. The van der Waals surface area contributed by atoms with Crippen LogP contribution in [0.5, 0.6) is 0 Å². The highest BCUT2D eigenvalue weighted by Crippen LogP contribution is 2.25. The third-order valence-electron chi connectivity index (χ3n) is 2.93. The Bertz CT molecular complexity index is 381. The van der Waals surface area contributed by atoms with E-state index in [0.717, 1.165) is 5.06 Å². The zero-order valence-electron chi connectivity index (χ0n) is 12.4. The smallest absolute Gasteiger partial charge is 0.337 e. The molecule has 0 N–H and O–H groups in total. The molecule has 0 radical (unpaired) electrons. The summed E-state index contributed by atoms with van der Waals surface area (Å²) < 4.78 is 0. The molecule has 0 bridgehead atoms. The van der Waals surface area contributed by atoms with Gasteiger partial charge in [0.2, 0.25) is 0 Å². The van der Waals surface area contributed by atoms with E-state index < -0.39 is 17.3 Å². The van der Waals surface area contributed by atoms with Crippen LogP contribution in [0.2, 0.25) is 0 Å². The summed E-state index contributed by atoms with van der Waals surface area (Å²) in [5.74, 6) is -0.637. The van der Waals surface area contributed by atoms with E-state index in [4.69, 9.17) is 4.84 Å². The highest BCUT2D eigenvalue weighted by molar-refractivity contribution is 6.00. The highest BCUT2D eigenvalue weighted by Gasteiger charge is 2.38. The van der Waals surface area contributed by atoms with Crippen LogP contribution in [-0.4, -0.2) is 28.8 Å². The van der Waals surface area contributed by atoms with Crippen LogP contribution in [0.25, 0.3) is 0 Å². The SMILES string of the molecule is CC(C)CC1CC(=O)CC(=O)N1OC(=O)C(C)(C)C. The van der Waals surface area contributed by atoms with Crippen molar-refractivity contribution < 1.29 is 19.2 Å². The minimum atomic E-state index is -0.676. The predicted molar refractivity (Wildman–Crippen MR) is 69.9 cm³/mol. The van der Waals surface area contributed by atoms with E-state index in [0.29, 0.717) is 12.3 Å². The van der Waals surface area contributed by atoms with Gasteiger partial charge in [0, 0.05) is 6.42 Å². The molecule has 1 heterocycles. The first-order valence-electron chi connectivity index (χ1n) is 6.67. The summed E-state index contributed by atoms with van der Waals surface area (Å²) in [6, 6.07) is -0.333. The Morgan fingerprint density at radius 2 is 1.95 bits per heavy atom. The van der Waals surface area contributed by atoms with Crippen molar-refractivity contribution in [2.75, 3.05) is 0 Å². The van der Waals surface area contributed by atoms with Crippen molar-refractivity contribution >= 4 is 17.7 Å². The van der Waals surface area contributed by atoms with Crippen molar-refractivity contribution in [3.8, 4) is 0 Å². The number of rotatable bonds is 3. The van der Waals surface area contributed by atoms with Crippen LogP contribution in [-0.2, 0) is 19.2 Å². The zero-order chi connectivity index (χ0) is 14.8. The maximum Gasteiger partial charge on any atom is 0.337 e. The second-order valence-electron chi connectivity index (χ2n) is 6.55. The fraction of sp³-hybridized carbons (Fsp3) is 0.786. The number of hydrogen-bond donors (Lipinski definition) is 0. The van der Waals surface area contributed by atoms with Crippen LogP contribution in [0, 0.1) is 11.3 Å². The first kappa shape index (κ1) is 15.7. The zero-order valence-corrected chi connectivity index (χ0v) is 12.4. The van der Waals surface area contributed by atoms with Crippen molar-refractivity contribution in [1.82, 2.24) is 5.06 Å². The van der Waals surface area contributed by atoms with E-state index in [1.807, 2.05) is 13.8 Å². The molecule has 1 unspecified atom stereocenters. The number of ketones is 1. The molecule has 19 heavy (non-hydrogen) atoms. The van der Waals surface area contributed by atoms with Crippen molar-refractivity contribution in [2.45, 2.75) is 59.9 Å². The van der Waals surface area contributed by atoms with Gasteiger partial charge < -0.3 is 4.84 Å². The molecule has 1 aliphatic heterocycles. The van der Waals surface area contributed by atoms with Gasteiger partial charge in [-0.05, 0) is 33.1 Å². The Morgan fingerprint density at radius 3 is 2.42 bits per heavy atom. The lowest BCUT2D eigenvalue weighted by molar-refractivity contribution is -0.219. The Balaban J connectivity index is 2.83. The Hall–Kier alpha value is -1.39. The molecule has 0 aromatic heterocycles. The molecular weight excluding hydrogens is 246 g/mol. The molecule has 1 atom stereocenters. The number of carbonyl (C=O) groups is 3. The van der Waals surface area contributed by atoms with Gasteiger partial charge in [-0.3, -0.25) is 9.59 Å². The molecule has 0 aliphatic carbocycles. The average molecular weight is 269 g/mol. The summed E-state index contributed by atoms with van der Waals surface area (Å²) in [5.41, 5.74) is -0.676. The summed E-state index contributed by atoms with van der Waals surface area (Å²) in [6.07, 6.45) is 0.738. The molecule has 0 aromatic rings. The Kier molecular flexibility index (Phi) is 4.71. The number of Topliss-reactive ketones (excluding diaryl/α,β-unsaturated/α-hetero) is 1. The summed E-state index contributed by atoms with van der Waals surface area (Å²) in [7, 11) is 0. The molecule has 1 saturated heterocycles. The average Bonchev–Trinajstić information content (AvgIpc) is 2.20. The molecule has 1 aliphatic rings. The topological polar surface area (TPSA) is 63.7 Å². The van der Waals surface area contributed by atoms with Gasteiger partial charge in [0.1, 0.15) is 5.78 Å². The number of nitrogens with zero attached hydrogens (tertiary/aromatic N) is 1. The van der Waals surface area contributed by atoms with Crippen molar-refractivity contribution in [3.05, 3.63) is 0 Å². The van der Waals surface area contributed by atoms with E-state index in [-0.39, 0.29) is 24.7 Å². The number of piperidine rings is 1. The summed E-state index contributed by atoms with van der Waals surface area (Å²) in [6.45, 7) is 9.20. The lowest BCUT2D eigenvalue weighted by Crippen LogP contribution is -2.49. The summed E-state index contributed by atoms with van der Waals surface area (Å²) in [4.78, 5) is 40.5. The van der Waals surface area contributed by atoms with Crippen molar-refractivity contribution in [2.24, 2.45) is 11.3 Å². The first-order valence-corrected chi connectivity index (χ1v) is 6.67. The molecule has 5 nitrogen and oxygen atoms in total. The van der Waals surface area contributed by atoms with Gasteiger partial charge in [0.15, 0.2) is 0 Å². The third kappa shape index (κ3) is 4.33. The summed E-state index contributed by atoms with van der Waals surface area (Å²) >= 11 is 0. The predicted octanol–water partition coefficient (Wildman–Crippen LogP) is 2.10. The van der Waals surface area contributed by atoms with E-state index in [1.165, 1.54) is 0 Å². The molecule has 1 amide bonds. The van der Waals surface area contributed by atoms with Gasteiger partial charge in [0.25, 0.3) is 5.91 Å². The summed E-state index contributed by atoms with van der Waals surface area (Å²) in [5, 5.41) is 1.12. The third-order valence-corrected chi connectivity index (χ3v) is 2.93. The van der Waals surface area contributed by atoms with Crippen LogP contribution in [0.4, 0.5) is 0 Å². The lowest BCUT2D eigenvalue weighted by atomic mass is 9.94. The minimum Gasteiger partial charge on any atom is -0.337 e. The highest BCUT2D eigenvalue weighted by atomic mass is 16.7. The van der Waals surface area contributed by atoms with Crippen LogP contribution in [0.1, 0.15) is 53.9 Å². The maximum absolute atomic E-state index is 11.9. The normalized spacial score (nSPS) is 20.9. The molecule has 0 spiro atoms. The van der Waals surface area contributed by atoms with Crippen LogP contribution in [0.3, 0.4) is 0 Å². The van der Waals surface area contributed by atoms with Gasteiger partial charge in [-0.1, -0.05) is 13.8 Å². The maximum atomic E-state index is 11.9. The van der Waals surface area contributed by atoms with Crippen molar-refractivity contribution in [3.63, 3.8) is 0 Å². The number of carbonyl (C=O) groups excluding carboxylic acids is 3. The molecule has 0 aromatic carbocycles. The molecule has 1 fully saturated rings. The van der Waals surface area contributed by atoms with Gasteiger partial charge in [-0.25, -0.2) is 4.79 Å². The fourth-order valence-corrected chi connectivity index (χ4v) is 1.94. The standard InChI is InChI=1S/C14H23NO4/c1-9(2)6-10-7-11(16)8-12(17)15(10)19-13(18)14(3,4)5/h9-10H,6-8H2,1-5H3. The van der Waals surface area contributed by atoms with E-state index in [9.17, 15) is 14.4 Å². The van der Waals surface area contributed by atoms with Crippen LogP contribution in [0.15, 0.2) is 0 Å². The van der Waals surface area contributed by atoms with Crippen molar-refractivity contribution in [1.29, 1.82) is 0 Å².